The van der Waals surface area contributed by atoms with Gasteiger partial charge in [-0.15, -0.1) is 0 Å². The molecule has 0 saturated carbocycles. The van der Waals surface area contributed by atoms with E-state index in [1.807, 2.05) is 12.1 Å². The quantitative estimate of drug-likeness (QED) is 0.604. The maximum absolute atomic E-state index is 13.4. The van der Waals surface area contributed by atoms with Gasteiger partial charge in [0.15, 0.2) is 0 Å². The van der Waals surface area contributed by atoms with Gasteiger partial charge < -0.3 is 10.2 Å². The van der Waals surface area contributed by atoms with Gasteiger partial charge in [-0.2, -0.15) is 14.7 Å². The summed E-state index contributed by atoms with van der Waals surface area (Å²) < 4.78 is 29.6. The number of hydrogen-bond donors (Lipinski definition) is 1. The minimum Gasteiger partial charge on any atom is -0.369 e. The summed E-state index contributed by atoms with van der Waals surface area (Å²) in [4.78, 5) is 15.1. The van der Waals surface area contributed by atoms with Crippen molar-refractivity contribution in [3.8, 4) is 6.07 Å². The monoisotopic (exact) mass is 478 g/mol. The lowest BCUT2D eigenvalue weighted by atomic mass is 10.1. The van der Waals surface area contributed by atoms with Gasteiger partial charge in [-0.1, -0.05) is 12.1 Å². The molecule has 10 heteroatoms. The second-order valence-corrected chi connectivity index (χ2v) is 10.1. The Kier molecular flexibility index (Phi) is 6.41. The molecule has 1 fully saturated rings. The molecule has 0 aliphatic carbocycles. The van der Waals surface area contributed by atoms with E-state index in [-0.39, 0.29) is 10.6 Å². The zero-order valence-electron chi connectivity index (χ0n) is 19.3. The predicted molar refractivity (Wildman–Crippen MR) is 129 cm³/mol. The number of carbonyl (C=O) groups is 1. The summed E-state index contributed by atoms with van der Waals surface area (Å²) in [6.45, 7) is 5.81. The summed E-state index contributed by atoms with van der Waals surface area (Å²) >= 11 is 0. The Balaban J connectivity index is 1.52. The molecular weight excluding hydrogens is 452 g/mol. The lowest BCUT2D eigenvalue weighted by Gasteiger charge is -2.36. The van der Waals surface area contributed by atoms with Crippen LogP contribution in [0.1, 0.15) is 27.0 Å². The highest BCUT2D eigenvalue weighted by Gasteiger charge is 2.34. The number of aromatic nitrogens is 2. The van der Waals surface area contributed by atoms with Crippen molar-refractivity contribution in [3.63, 3.8) is 0 Å². The zero-order valence-corrected chi connectivity index (χ0v) is 20.1. The van der Waals surface area contributed by atoms with Crippen LogP contribution in [-0.4, -0.2) is 54.6 Å². The van der Waals surface area contributed by atoms with Crippen LogP contribution in [0.2, 0.25) is 0 Å². The van der Waals surface area contributed by atoms with Gasteiger partial charge in [0.05, 0.1) is 17.2 Å². The number of rotatable bonds is 5. The van der Waals surface area contributed by atoms with Crippen molar-refractivity contribution in [2.45, 2.75) is 18.9 Å². The SMILES string of the molecule is Cc1cccc(N2CCN(S(=O)(=O)c3nn(C)cc3C(=O)Nc3ccc(C#N)cc3)CC2)c1C. The summed E-state index contributed by atoms with van der Waals surface area (Å²) in [5, 5.41) is 15.5. The van der Waals surface area contributed by atoms with Gasteiger partial charge in [0.2, 0.25) is 5.03 Å². The highest BCUT2D eigenvalue weighted by atomic mass is 32.2. The van der Waals surface area contributed by atoms with E-state index in [0.717, 1.165) is 5.69 Å². The molecule has 1 aliphatic rings. The molecule has 0 spiro atoms. The molecule has 9 nitrogen and oxygen atoms in total. The first-order chi connectivity index (χ1) is 16.2. The van der Waals surface area contributed by atoms with Gasteiger partial charge in [-0.25, -0.2) is 8.42 Å². The third-order valence-corrected chi connectivity index (χ3v) is 7.89. The summed E-state index contributed by atoms with van der Waals surface area (Å²) in [5.41, 5.74) is 4.38. The molecule has 1 saturated heterocycles. The number of nitriles is 1. The molecule has 0 bridgehead atoms. The summed E-state index contributed by atoms with van der Waals surface area (Å²) in [5.74, 6) is -0.578. The van der Waals surface area contributed by atoms with E-state index < -0.39 is 15.9 Å². The van der Waals surface area contributed by atoms with E-state index in [4.69, 9.17) is 5.26 Å². The molecule has 0 atom stereocenters. The van der Waals surface area contributed by atoms with Gasteiger partial charge in [0.1, 0.15) is 0 Å². The molecule has 2 heterocycles. The van der Waals surface area contributed by atoms with Gasteiger partial charge >= 0.3 is 0 Å². The lowest BCUT2D eigenvalue weighted by molar-refractivity contribution is 0.102. The van der Waals surface area contributed by atoms with Crippen molar-refractivity contribution >= 4 is 27.3 Å². The van der Waals surface area contributed by atoms with Crippen molar-refractivity contribution in [3.05, 3.63) is 70.9 Å². The van der Waals surface area contributed by atoms with Crippen molar-refractivity contribution in [1.82, 2.24) is 14.1 Å². The van der Waals surface area contributed by atoms with Crippen LogP contribution < -0.4 is 10.2 Å². The highest BCUT2D eigenvalue weighted by molar-refractivity contribution is 7.89. The number of anilines is 2. The third kappa shape index (κ3) is 4.53. The molecule has 0 radical (unpaired) electrons. The number of hydrogen-bond acceptors (Lipinski definition) is 6. The van der Waals surface area contributed by atoms with Crippen molar-refractivity contribution < 1.29 is 13.2 Å². The van der Waals surface area contributed by atoms with E-state index in [0.29, 0.717) is 37.4 Å². The Labute approximate surface area is 199 Å². The van der Waals surface area contributed by atoms with Crippen LogP contribution in [0.5, 0.6) is 0 Å². The van der Waals surface area contributed by atoms with E-state index in [2.05, 4.69) is 41.3 Å². The number of piperazine rings is 1. The molecule has 1 aliphatic heterocycles. The number of nitrogens with zero attached hydrogens (tertiary/aromatic N) is 5. The average Bonchev–Trinajstić information content (AvgIpc) is 3.24. The van der Waals surface area contributed by atoms with Crippen LogP contribution in [0.4, 0.5) is 11.4 Å². The van der Waals surface area contributed by atoms with Crippen LogP contribution in [0.15, 0.2) is 53.7 Å². The molecular formula is C24H26N6O3S. The maximum atomic E-state index is 13.4. The number of aryl methyl sites for hydroxylation is 2. The standard InChI is InChI=1S/C24H26N6O3S/c1-17-5-4-6-22(18(17)2)29-11-13-30(14-12-29)34(32,33)24-21(16-28(3)27-24)23(31)26-20-9-7-19(15-25)8-10-20/h4-10,16H,11-14H2,1-3H3,(H,26,31). The molecule has 34 heavy (non-hydrogen) atoms. The van der Waals surface area contributed by atoms with Crippen LogP contribution in [0, 0.1) is 25.2 Å². The molecule has 4 rings (SSSR count). The second-order valence-electron chi connectivity index (χ2n) is 8.28. The Morgan fingerprint density at radius 3 is 2.38 bits per heavy atom. The highest BCUT2D eigenvalue weighted by Crippen LogP contribution is 2.26. The Hall–Kier alpha value is -3.68. The van der Waals surface area contributed by atoms with Gasteiger partial charge in [0, 0.05) is 50.8 Å². The minimum atomic E-state index is -3.97. The molecule has 1 amide bonds. The van der Waals surface area contributed by atoms with Crippen LogP contribution in [0.25, 0.3) is 0 Å². The van der Waals surface area contributed by atoms with Crippen molar-refractivity contribution in [1.29, 1.82) is 5.26 Å². The molecule has 0 unspecified atom stereocenters. The van der Waals surface area contributed by atoms with Crippen LogP contribution in [-0.2, 0) is 17.1 Å². The minimum absolute atomic E-state index is 0.0242. The number of nitrogens with one attached hydrogen (secondary N) is 1. The van der Waals surface area contributed by atoms with Crippen LogP contribution in [0.3, 0.4) is 0 Å². The van der Waals surface area contributed by atoms with E-state index in [1.54, 1.807) is 31.3 Å². The van der Waals surface area contributed by atoms with E-state index in [9.17, 15) is 13.2 Å². The Morgan fingerprint density at radius 1 is 1.06 bits per heavy atom. The molecule has 176 valence electrons. The largest absolute Gasteiger partial charge is 0.369 e. The van der Waals surface area contributed by atoms with E-state index in [1.165, 1.54) is 26.3 Å². The summed E-state index contributed by atoms with van der Waals surface area (Å²) in [6.07, 6.45) is 1.40. The molecule has 1 N–H and O–H groups in total. The second kappa shape index (κ2) is 9.29. The lowest BCUT2D eigenvalue weighted by Crippen LogP contribution is -2.49. The molecule has 3 aromatic rings. The number of carbonyl (C=O) groups excluding carboxylic acids is 1. The normalized spacial score (nSPS) is 14.6. The fraction of sp³-hybridized carbons (Fsp3) is 0.292. The number of amides is 1. The van der Waals surface area contributed by atoms with Gasteiger partial charge in [-0.3, -0.25) is 9.48 Å². The van der Waals surface area contributed by atoms with Crippen molar-refractivity contribution in [2.75, 3.05) is 36.4 Å². The van der Waals surface area contributed by atoms with E-state index >= 15 is 0 Å². The Morgan fingerprint density at radius 2 is 1.74 bits per heavy atom. The smallest absolute Gasteiger partial charge is 0.263 e. The topological polar surface area (TPSA) is 111 Å². The van der Waals surface area contributed by atoms with Gasteiger partial charge in [0.25, 0.3) is 15.9 Å². The first kappa shape index (κ1) is 23.5. The first-order valence-corrected chi connectivity index (χ1v) is 12.3. The average molecular weight is 479 g/mol. The van der Waals surface area contributed by atoms with Crippen molar-refractivity contribution in [2.24, 2.45) is 7.05 Å². The third-order valence-electron chi connectivity index (χ3n) is 6.05. The number of sulfonamides is 1. The molecule has 2 aromatic carbocycles. The predicted octanol–water partition coefficient (Wildman–Crippen LogP) is 2.67. The maximum Gasteiger partial charge on any atom is 0.263 e. The summed E-state index contributed by atoms with van der Waals surface area (Å²) in [6, 6.07) is 14.5. The number of benzene rings is 2. The first-order valence-electron chi connectivity index (χ1n) is 10.9. The summed E-state index contributed by atoms with van der Waals surface area (Å²) in [7, 11) is -2.39. The fourth-order valence-corrected chi connectivity index (χ4v) is 5.55. The van der Waals surface area contributed by atoms with Crippen LogP contribution >= 0.6 is 0 Å². The van der Waals surface area contributed by atoms with Gasteiger partial charge in [-0.05, 0) is 55.3 Å². The fourth-order valence-electron chi connectivity index (χ4n) is 4.01. The zero-order chi connectivity index (χ0) is 24.5. The molecule has 1 aromatic heterocycles. The Bertz CT molecular complexity index is 1360.